The van der Waals surface area contributed by atoms with Crippen LogP contribution in [0.5, 0.6) is 0 Å². The first-order chi connectivity index (χ1) is 9.24. The highest BCUT2D eigenvalue weighted by Crippen LogP contribution is 2.39. The molecular weight excluding hydrogens is 340 g/mol. The van der Waals surface area contributed by atoms with Crippen molar-refractivity contribution in [2.75, 3.05) is 0 Å². The van der Waals surface area contributed by atoms with Crippen LogP contribution in [0.2, 0.25) is 0 Å². The summed E-state index contributed by atoms with van der Waals surface area (Å²) in [5, 5.41) is 3.69. The van der Waals surface area contributed by atoms with Crippen molar-refractivity contribution in [1.82, 2.24) is 0 Å². The van der Waals surface area contributed by atoms with E-state index in [2.05, 4.69) is 46.4 Å². The van der Waals surface area contributed by atoms with E-state index in [1.54, 1.807) is 11.3 Å². The molecule has 0 saturated heterocycles. The third-order valence-corrected chi connectivity index (χ3v) is 5.90. The molecule has 19 heavy (non-hydrogen) atoms. The molecule has 0 amide bonds. The van der Waals surface area contributed by atoms with E-state index in [1.165, 1.54) is 52.2 Å². The first kappa shape index (κ1) is 15.3. The minimum atomic E-state index is 0.157. The molecule has 3 heteroatoms. The molecule has 0 nitrogen and oxygen atoms in total. The zero-order valence-corrected chi connectivity index (χ0v) is 14.5. The lowest BCUT2D eigenvalue weighted by Crippen LogP contribution is -1.89. The van der Waals surface area contributed by atoms with E-state index in [0.29, 0.717) is 0 Å². The number of rotatable bonds is 7. The third-order valence-electron chi connectivity index (χ3n) is 3.48. The molecule has 0 spiro atoms. The Morgan fingerprint density at radius 1 is 1.21 bits per heavy atom. The monoisotopic (exact) mass is 358 g/mol. The Morgan fingerprint density at radius 3 is 2.79 bits per heavy atom. The van der Waals surface area contributed by atoms with Crippen molar-refractivity contribution in [2.24, 2.45) is 0 Å². The van der Waals surface area contributed by atoms with Crippen LogP contribution in [0.4, 0.5) is 0 Å². The van der Waals surface area contributed by atoms with Crippen molar-refractivity contribution >= 4 is 49.0 Å². The average molecular weight is 360 g/mol. The van der Waals surface area contributed by atoms with Gasteiger partial charge in [0.25, 0.3) is 0 Å². The number of benzene rings is 1. The van der Waals surface area contributed by atoms with Gasteiger partial charge in [0, 0.05) is 9.17 Å². The summed E-state index contributed by atoms with van der Waals surface area (Å²) in [7, 11) is 0. The molecule has 0 saturated carbocycles. The van der Waals surface area contributed by atoms with Crippen LogP contribution in [0.1, 0.15) is 56.4 Å². The standard InChI is InChI=1S/C16H20BrClS/c1-2-3-4-5-6-10-15(18)13-11-19-16-12(13)8-7-9-14(16)17/h7-9,11,15H,2-6,10H2,1H3. The molecule has 2 aromatic rings. The summed E-state index contributed by atoms with van der Waals surface area (Å²) in [5.74, 6) is 0. The molecule has 104 valence electrons. The number of thiophene rings is 1. The summed E-state index contributed by atoms with van der Waals surface area (Å²) in [4.78, 5) is 0. The third kappa shape index (κ3) is 3.96. The summed E-state index contributed by atoms with van der Waals surface area (Å²) in [5.41, 5.74) is 1.30. The number of alkyl halides is 1. The van der Waals surface area contributed by atoms with Crippen molar-refractivity contribution in [3.05, 3.63) is 33.6 Å². The molecule has 0 aliphatic rings. The molecule has 1 aromatic heterocycles. The zero-order chi connectivity index (χ0) is 13.7. The van der Waals surface area contributed by atoms with Crippen LogP contribution in [0.25, 0.3) is 10.1 Å². The molecule has 1 heterocycles. The van der Waals surface area contributed by atoms with Gasteiger partial charge in [-0.3, -0.25) is 0 Å². The van der Waals surface area contributed by atoms with E-state index >= 15 is 0 Å². The summed E-state index contributed by atoms with van der Waals surface area (Å²) in [6, 6.07) is 6.36. The maximum absolute atomic E-state index is 6.58. The van der Waals surface area contributed by atoms with E-state index in [1.807, 2.05) is 0 Å². The quantitative estimate of drug-likeness (QED) is 0.359. The molecule has 0 bridgehead atoms. The van der Waals surface area contributed by atoms with Crippen LogP contribution < -0.4 is 0 Å². The maximum atomic E-state index is 6.58. The fourth-order valence-corrected chi connectivity index (χ4v) is 4.45. The minimum absolute atomic E-state index is 0.157. The van der Waals surface area contributed by atoms with Gasteiger partial charge in [0.1, 0.15) is 0 Å². The SMILES string of the molecule is CCCCCCCC(Cl)c1csc2c(Br)cccc12. The molecule has 0 N–H and O–H groups in total. The fourth-order valence-electron chi connectivity index (χ4n) is 2.37. The number of fused-ring (bicyclic) bond motifs is 1. The van der Waals surface area contributed by atoms with Crippen molar-refractivity contribution < 1.29 is 0 Å². The zero-order valence-electron chi connectivity index (χ0n) is 11.3. The number of halogens is 2. The van der Waals surface area contributed by atoms with Crippen LogP contribution in [0, 0.1) is 0 Å². The van der Waals surface area contributed by atoms with Crippen LogP contribution >= 0.6 is 38.9 Å². The number of hydrogen-bond donors (Lipinski definition) is 0. The summed E-state index contributed by atoms with van der Waals surface area (Å²) in [6.07, 6.45) is 7.62. The lowest BCUT2D eigenvalue weighted by Gasteiger charge is -2.08. The highest BCUT2D eigenvalue weighted by Gasteiger charge is 2.14. The second-order valence-electron chi connectivity index (χ2n) is 4.98. The van der Waals surface area contributed by atoms with Crippen molar-refractivity contribution in [3.63, 3.8) is 0 Å². The minimum Gasteiger partial charge on any atom is -0.142 e. The molecule has 1 aromatic carbocycles. The molecule has 0 aliphatic heterocycles. The summed E-state index contributed by atoms with van der Waals surface area (Å²) in [6.45, 7) is 2.25. The van der Waals surface area contributed by atoms with Crippen molar-refractivity contribution in [2.45, 2.75) is 50.8 Å². The average Bonchev–Trinajstić information content (AvgIpc) is 2.84. The smallest absolute Gasteiger partial charge is 0.0599 e. The Balaban J connectivity index is 1.97. The van der Waals surface area contributed by atoms with Gasteiger partial charge in [-0.1, -0.05) is 51.2 Å². The maximum Gasteiger partial charge on any atom is 0.0599 e. The van der Waals surface area contributed by atoms with E-state index in [-0.39, 0.29) is 5.38 Å². The van der Waals surface area contributed by atoms with E-state index in [9.17, 15) is 0 Å². The van der Waals surface area contributed by atoms with E-state index < -0.39 is 0 Å². The van der Waals surface area contributed by atoms with Gasteiger partial charge in [0.15, 0.2) is 0 Å². The summed E-state index contributed by atoms with van der Waals surface area (Å²) < 4.78 is 2.49. The Morgan fingerprint density at radius 2 is 2.00 bits per heavy atom. The van der Waals surface area contributed by atoms with Gasteiger partial charge in [-0.15, -0.1) is 22.9 Å². The molecule has 0 radical (unpaired) electrons. The number of hydrogen-bond acceptors (Lipinski definition) is 1. The molecular formula is C16H20BrClS. The van der Waals surface area contributed by atoms with Gasteiger partial charge in [-0.05, 0) is 44.7 Å². The van der Waals surface area contributed by atoms with Crippen LogP contribution in [0.15, 0.2) is 28.1 Å². The van der Waals surface area contributed by atoms with Gasteiger partial charge >= 0.3 is 0 Å². The van der Waals surface area contributed by atoms with Gasteiger partial charge in [-0.2, -0.15) is 0 Å². The lowest BCUT2D eigenvalue weighted by molar-refractivity contribution is 0.602. The highest BCUT2D eigenvalue weighted by atomic mass is 79.9. The molecule has 1 atom stereocenters. The van der Waals surface area contributed by atoms with Gasteiger partial charge in [0.2, 0.25) is 0 Å². The molecule has 1 unspecified atom stereocenters. The largest absolute Gasteiger partial charge is 0.142 e. The van der Waals surface area contributed by atoms with Crippen LogP contribution in [0.3, 0.4) is 0 Å². The Kier molecular flexibility index (Phi) is 6.18. The molecule has 0 aliphatic carbocycles. The van der Waals surface area contributed by atoms with Gasteiger partial charge < -0.3 is 0 Å². The van der Waals surface area contributed by atoms with Crippen LogP contribution in [-0.4, -0.2) is 0 Å². The predicted molar refractivity (Wildman–Crippen MR) is 91.5 cm³/mol. The Bertz CT molecular complexity index is 520. The first-order valence-electron chi connectivity index (χ1n) is 7.03. The van der Waals surface area contributed by atoms with Crippen molar-refractivity contribution in [3.8, 4) is 0 Å². The van der Waals surface area contributed by atoms with Gasteiger partial charge in [0.05, 0.1) is 5.38 Å². The van der Waals surface area contributed by atoms with E-state index in [4.69, 9.17) is 11.6 Å². The summed E-state index contributed by atoms with van der Waals surface area (Å²) >= 11 is 12.0. The second kappa shape index (κ2) is 7.66. The Hall–Kier alpha value is -0.0500. The Labute approximate surface area is 133 Å². The molecule has 0 fully saturated rings. The highest BCUT2D eigenvalue weighted by molar-refractivity contribution is 9.10. The number of unbranched alkanes of at least 4 members (excludes halogenated alkanes) is 4. The van der Waals surface area contributed by atoms with Gasteiger partial charge in [-0.25, -0.2) is 0 Å². The fraction of sp³-hybridized carbons (Fsp3) is 0.500. The first-order valence-corrected chi connectivity index (χ1v) is 9.14. The molecule has 2 rings (SSSR count). The van der Waals surface area contributed by atoms with Crippen LogP contribution in [-0.2, 0) is 0 Å². The second-order valence-corrected chi connectivity index (χ2v) is 7.24. The van der Waals surface area contributed by atoms with E-state index in [0.717, 1.165) is 6.42 Å². The topological polar surface area (TPSA) is 0 Å². The normalized spacial score (nSPS) is 13.0. The lowest BCUT2D eigenvalue weighted by atomic mass is 10.0. The predicted octanol–water partition coefficient (Wildman–Crippen LogP) is 7.30. The van der Waals surface area contributed by atoms with Crippen molar-refractivity contribution in [1.29, 1.82) is 0 Å².